The molecule has 1 aromatic heterocycles. The molecule has 0 bridgehead atoms. The number of thiophene rings is 1. The third-order valence-corrected chi connectivity index (χ3v) is 4.35. The number of nitriles is 1. The number of amides is 1. The van der Waals surface area contributed by atoms with Gasteiger partial charge in [0, 0.05) is 13.6 Å². The zero-order valence-electron chi connectivity index (χ0n) is 11.9. The van der Waals surface area contributed by atoms with Gasteiger partial charge in [-0.1, -0.05) is 29.8 Å². The van der Waals surface area contributed by atoms with Crippen LogP contribution in [-0.4, -0.2) is 13.0 Å². The molecule has 0 saturated heterocycles. The number of primary amides is 1. The number of anilines is 2. The van der Waals surface area contributed by atoms with E-state index in [0.717, 1.165) is 5.56 Å². The predicted molar refractivity (Wildman–Crippen MR) is 85.3 cm³/mol. The topological polar surface area (TPSA) is 96.1 Å². The zero-order chi connectivity index (χ0) is 15.6. The van der Waals surface area contributed by atoms with E-state index in [1.807, 2.05) is 43.1 Å². The Labute approximate surface area is 127 Å². The predicted octanol–water partition coefficient (Wildman–Crippen LogP) is 2.25. The fraction of sp³-hybridized carbons (Fsp3) is 0.200. The quantitative estimate of drug-likeness (QED) is 0.905. The van der Waals surface area contributed by atoms with E-state index in [0.29, 0.717) is 16.4 Å². The molecule has 108 valence electrons. The van der Waals surface area contributed by atoms with Crippen LogP contribution in [0.1, 0.15) is 26.4 Å². The largest absolute Gasteiger partial charge is 0.396 e. The SMILES string of the molecule is Cc1cccc(CN(C)c2sc(C#N)c(N)c2C(N)=O)c1. The smallest absolute Gasteiger partial charge is 0.253 e. The van der Waals surface area contributed by atoms with E-state index in [2.05, 4.69) is 6.07 Å². The highest BCUT2D eigenvalue weighted by Crippen LogP contribution is 2.37. The van der Waals surface area contributed by atoms with Crippen molar-refractivity contribution in [3.8, 4) is 6.07 Å². The highest BCUT2D eigenvalue weighted by Gasteiger charge is 2.22. The van der Waals surface area contributed by atoms with Gasteiger partial charge in [-0.3, -0.25) is 4.79 Å². The van der Waals surface area contributed by atoms with Crippen molar-refractivity contribution in [2.24, 2.45) is 5.73 Å². The van der Waals surface area contributed by atoms with Crippen LogP contribution in [0.2, 0.25) is 0 Å². The number of nitrogens with two attached hydrogens (primary N) is 2. The van der Waals surface area contributed by atoms with E-state index in [1.165, 1.54) is 16.9 Å². The summed E-state index contributed by atoms with van der Waals surface area (Å²) in [4.78, 5) is 13.8. The van der Waals surface area contributed by atoms with Crippen molar-refractivity contribution in [3.63, 3.8) is 0 Å². The lowest BCUT2D eigenvalue weighted by atomic mass is 10.1. The highest BCUT2D eigenvalue weighted by atomic mass is 32.1. The maximum Gasteiger partial charge on any atom is 0.253 e. The number of rotatable bonds is 4. The van der Waals surface area contributed by atoms with E-state index < -0.39 is 5.91 Å². The second-order valence-electron chi connectivity index (χ2n) is 4.85. The third kappa shape index (κ3) is 2.98. The highest BCUT2D eigenvalue weighted by molar-refractivity contribution is 7.17. The van der Waals surface area contributed by atoms with Gasteiger partial charge in [0.1, 0.15) is 15.9 Å². The molecule has 4 N–H and O–H groups in total. The van der Waals surface area contributed by atoms with E-state index in [1.54, 1.807) is 0 Å². The van der Waals surface area contributed by atoms with Gasteiger partial charge >= 0.3 is 0 Å². The standard InChI is InChI=1S/C15H16N4OS/c1-9-4-3-5-10(6-9)8-19(2)15-12(14(18)20)13(17)11(7-16)21-15/h3-6H,8,17H2,1-2H3,(H2,18,20). The third-order valence-electron chi connectivity index (χ3n) is 3.12. The van der Waals surface area contributed by atoms with Crippen LogP contribution in [-0.2, 0) is 6.54 Å². The number of nitrogens with zero attached hydrogens (tertiary/aromatic N) is 2. The molecule has 1 heterocycles. The molecule has 0 aliphatic carbocycles. The van der Waals surface area contributed by atoms with Crippen LogP contribution in [0.25, 0.3) is 0 Å². The van der Waals surface area contributed by atoms with Crippen molar-refractivity contribution in [2.75, 3.05) is 17.7 Å². The first-order valence-electron chi connectivity index (χ1n) is 6.33. The van der Waals surface area contributed by atoms with Crippen molar-refractivity contribution < 1.29 is 4.79 Å². The van der Waals surface area contributed by atoms with Crippen molar-refractivity contribution in [1.82, 2.24) is 0 Å². The Bertz CT molecular complexity index is 730. The molecule has 0 spiro atoms. The van der Waals surface area contributed by atoms with Crippen LogP contribution >= 0.6 is 11.3 Å². The van der Waals surface area contributed by atoms with E-state index in [-0.39, 0.29) is 11.3 Å². The number of benzene rings is 1. The molecule has 0 atom stereocenters. The van der Waals surface area contributed by atoms with Crippen LogP contribution < -0.4 is 16.4 Å². The first-order valence-corrected chi connectivity index (χ1v) is 7.14. The van der Waals surface area contributed by atoms with Crippen molar-refractivity contribution in [2.45, 2.75) is 13.5 Å². The Morgan fingerprint density at radius 2 is 2.19 bits per heavy atom. The second-order valence-corrected chi connectivity index (χ2v) is 5.85. The minimum Gasteiger partial charge on any atom is -0.396 e. The summed E-state index contributed by atoms with van der Waals surface area (Å²) in [6.07, 6.45) is 0. The fourth-order valence-corrected chi connectivity index (χ4v) is 3.16. The van der Waals surface area contributed by atoms with Crippen LogP contribution in [0.15, 0.2) is 24.3 Å². The Morgan fingerprint density at radius 3 is 2.76 bits per heavy atom. The van der Waals surface area contributed by atoms with Crippen LogP contribution in [0.4, 0.5) is 10.7 Å². The summed E-state index contributed by atoms with van der Waals surface area (Å²) in [6.45, 7) is 2.63. The number of hydrogen-bond donors (Lipinski definition) is 2. The van der Waals surface area contributed by atoms with Crippen molar-refractivity contribution in [3.05, 3.63) is 45.8 Å². The number of carbonyl (C=O) groups is 1. The van der Waals surface area contributed by atoms with E-state index in [4.69, 9.17) is 16.7 Å². The first kappa shape index (κ1) is 14.9. The molecule has 1 amide bonds. The molecule has 0 radical (unpaired) electrons. The molecule has 0 aliphatic heterocycles. The molecule has 0 fully saturated rings. The summed E-state index contributed by atoms with van der Waals surface area (Å²) in [6, 6.07) is 10.1. The van der Waals surface area contributed by atoms with Crippen molar-refractivity contribution in [1.29, 1.82) is 5.26 Å². The molecule has 21 heavy (non-hydrogen) atoms. The minimum atomic E-state index is -0.614. The van der Waals surface area contributed by atoms with Gasteiger partial charge in [0.05, 0.1) is 11.3 Å². The average Bonchev–Trinajstić information content (AvgIpc) is 2.75. The molecule has 0 unspecified atom stereocenters. The maximum atomic E-state index is 11.6. The molecule has 5 nitrogen and oxygen atoms in total. The van der Waals surface area contributed by atoms with E-state index >= 15 is 0 Å². The van der Waals surface area contributed by atoms with Crippen molar-refractivity contribution >= 4 is 27.9 Å². The molecular formula is C15H16N4OS. The average molecular weight is 300 g/mol. The summed E-state index contributed by atoms with van der Waals surface area (Å²) in [7, 11) is 1.85. The first-order chi connectivity index (χ1) is 9.93. The molecule has 0 aliphatic rings. The second kappa shape index (κ2) is 5.85. The van der Waals surface area contributed by atoms with Gasteiger partial charge in [-0.15, -0.1) is 11.3 Å². The summed E-state index contributed by atoms with van der Waals surface area (Å²) in [5.41, 5.74) is 13.9. The number of aryl methyl sites for hydroxylation is 1. The normalized spacial score (nSPS) is 10.1. The van der Waals surface area contributed by atoms with Crippen LogP contribution in [0, 0.1) is 18.3 Å². The molecule has 0 saturated carbocycles. The number of nitrogen functional groups attached to an aromatic ring is 1. The Morgan fingerprint density at radius 1 is 1.48 bits per heavy atom. The zero-order valence-corrected chi connectivity index (χ0v) is 12.7. The summed E-state index contributed by atoms with van der Waals surface area (Å²) >= 11 is 1.18. The van der Waals surface area contributed by atoms with Gasteiger partial charge in [-0.2, -0.15) is 5.26 Å². The fourth-order valence-electron chi connectivity index (χ4n) is 2.18. The molecule has 6 heteroatoms. The molecule has 2 aromatic rings. The van der Waals surface area contributed by atoms with Gasteiger partial charge < -0.3 is 16.4 Å². The lowest BCUT2D eigenvalue weighted by Gasteiger charge is -2.19. The minimum absolute atomic E-state index is 0.168. The van der Waals surface area contributed by atoms with Gasteiger partial charge in [-0.25, -0.2) is 0 Å². The lowest BCUT2D eigenvalue weighted by molar-refractivity contribution is 0.100. The molecule has 1 aromatic carbocycles. The van der Waals surface area contributed by atoms with Gasteiger partial charge in [0.2, 0.25) is 0 Å². The maximum absolute atomic E-state index is 11.6. The summed E-state index contributed by atoms with van der Waals surface area (Å²) in [5.74, 6) is -0.614. The van der Waals surface area contributed by atoms with Crippen LogP contribution in [0.3, 0.4) is 0 Å². The van der Waals surface area contributed by atoms with E-state index in [9.17, 15) is 4.79 Å². The Hall–Kier alpha value is -2.52. The number of hydrogen-bond acceptors (Lipinski definition) is 5. The van der Waals surface area contributed by atoms with Crippen LogP contribution in [0.5, 0.6) is 0 Å². The summed E-state index contributed by atoms with van der Waals surface area (Å²) < 4.78 is 0. The van der Waals surface area contributed by atoms with Gasteiger partial charge in [0.25, 0.3) is 5.91 Å². The monoisotopic (exact) mass is 300 g/mol. The molecular weight excluding hydrogens is 284 g/mol. The lowest BCUT2D eigenvalue weighted by Crippen LogP contribution is -2.21. The molecule has 2 rings (SSSR count). The Balaban J connectivity index is 2.37. The summed E-state index contributed by atoms with van der Waals surface area (Å²) in [5, 5.41) is 9.68. The van der Waals surface area contributed by atoms with Gasteiger partial charge in [0.15, 0.2) is 0 Å². The Kier molecular flexibility index (Phi) is 4.15. The number of carbonyl (C=O) groups excluding carboxylic acids is 1. The van der Waals surface area contributed by atoms with Gasteiger partial charge in [-0.05, 0) is 12.5 Å².